The highest BCUT2D eigenvalue weighted by atomic mass is 31.1. The van der Waals surface area contributed by atoms with Gasteiger partial charge in [-0.3, -0.25) is 4.79 Å². The number of aliphatic hydroxyl groups is 2. The highest BCUT2D eigenvalue weighted by Crippen LogP contribution is 2.37. The van der Waals surface area contributed by atoms with E-state index in [1.165, 1.54) is 19.2 Å². The lowest BCUT2D eigenvalue weighted by Crippen LogP contribution is -2.20. The van der Waals surface area contributed by atoms with Crippen LogP contribution in [0.4, 0.5) is 36.3 Å². The molecule has 3 rings (SSSR count). The Morgan fingerprint density at radius 3 is 2.35 bits per heavy atom. The molecule has 13 heteroatoms. The van der Waals surface area contributed by atoms with Gasteiger partial charge >= 0.3 is 6.18 Å². The summed E-state index contributed by atoms with van der Waals surface area (Å²) in [6.07, 6.45) is -5.15. The highest BCUT2D eigenvalue weighted by Gasteiger charge is 2.35. The predicted octanol–water partition coefficient (Wildman–Crippen LogP) is 4.44. The van der Waals surface area contributed by atoms with Crippen molar-refractivity contribution in [3.05, 3.63) is 71.4 Å². The molecule has 198 valence electrons. The van der Waals surface area contributed by atoms with Gasteiger partial charge in [-0.15, -0.1) is 0 Å². The molecule has 1 amide bonds. The van der Waals surface area contributed by atoms with Crippen LogP contribution in [0.3, 0.4) is 0 Å². The van der Waals surface area contributed by atoms with Crippen LogP contribution in [0.5, 0.6) is 0 Å². The zero-order valence-electron chi connectivity index (χ0n) is 20.2. The lowest BCUT2D eigenvalue weighted by atomic mass is 10.1. The van der Waals surface area contributed by atoms with Crippen LogP contribution in [0, 0.1) is 0 Å². The number of alkyl halides is 3. The standard InChI is InChI=1S/C24H27F3N5O4P/c1-13(33)14(2)36-37-22(35)15-8-10-16(11-9-15)30-23-29-12-18(24(25,26)27)20(32-23)31-19-7-5-4-6-17(19)21(34)28-3/h4-14,22,33,35,37H,1-3H3,(H,28,34)(H2,29,30,31,32)/p+1. The SMILES string of the molecule is CNC(=O)c1ccccc1Nc1nc(Nc2ccc(C(O)[PH2+]OC(C)C(C)O)cc2)ncc1C(F)(F)F. The number of nitrogens with one attached hydrogen (secondary N) is 3. The fraction of sp³-hybridized carbons (Fsp3) is 0.292. The lowest BCUT2D eigenvalue weighted by Gasteiger charge is -2.16. The van der Waals surface area contributed by atoms with Crippen LogP contribution in [0.2, 0.25) is 0 Å². The molecule has 9 nitrogen and oxygen atoms in total. The Hall–Kier alpha value is -3.31. The summed E-state index contributed by atoms with van der Waals surface area (Å²) >= 11 is 0. The van der Waals surface area contributed by atoms with E-state index < -0.39 is 50.3 Å². The van der Waals surface area contributed by atoms with E-state index >= 15 is 0 Å². The maximum atomic E-state index is 13.6. The maximum absolute atomic E-state index is 13.6. The van der Waals surface area contributed by atoms with Gasteiger partial charge in [0, 0.05) is 24.5 Å². The first-order chi connectivity index (χ1) is 17.5. The molecule has 0 spiro atoms. The van der Waals surface area contributed by atoms with Crippen molar-refractivity contribution in [1.29, 1.82) is 0 Å². The zero-order valence-corrected chi connectivity index (χ0v) is 21.4. The number of hydrogen-bond acceptors (Lipinski definition) is 8. The Balaban J connectivity index is 1.81. The van der Waals surface area contributed by atoms with E-state index in [0.29, 0.717) is 17.4 Å². The van der Waals surface area contributed by atoms with Crippen LogP contribution in [-0.4, -0.2) is 45.3 Å². The molecule has 5 N–H and O–H groups in total. The average molecular weight is 538 g/mol. The van der Waals surface area contributed by atoms with Crippen LogP contribution in [0.25, 0.3) is 0 Å². The molecule has 0 saturated carbocycles. The minimum atomic E-state index is -4.74. The molecular formula is C24H28F3N5O4P+. The predicted molar refractivity (Wildman–Crippen MR) is 137 cm³/mol. The second-order valence-electron chi connectivity index (χ2n) is 8.11. The number of amides is 1. The van der Waals surface area contributed by atoms with Gasteiger partial charge in [-0.05, 0) is 38.1 Å². The first kappa shape index (κ1) is 28.3. The Labute approximate surface area is 213 Å². The summed E-state index contributed by atoms with van der Waals surface area (Å²) in [6.45, 7) is 3.31. The van der Waals surface area contributed by atoms with Crippen molar-refractivity contribution in [3.63, 3.8) is 0 Å². The minimum absolute atomic E-state index is 0.110. The van der Waals surface area contributed by atoms with E-state index in [9.17, 15) is 28.2 Å². The number of benzene rings is 2. The number of aromatic nitrogens is 2. The van der Waals surface area contributed by atoms with Crippen molar-refractivity contribution in [2.45, 2.75) is 38.1 Å². The smallest absolute Gasteiger partial charge is 0.391 e. The van der Waals surface area contributed by atoms with Crippen molar-refractivity contribution in [3.8, 4) is 0 Å². The number of rotatable bonds is 10. The van der Waals surface area contributed by atoms with E-state index in [1.807, 2.05) is 0 Å². The molecule has 3 aromatic rings. The molecular weight excluding hydrogens is 510 g/mol. The van der Waals surface area contributed by atoms with Gasteiger partial charge in [0.15, 0.2) is 8.81 Å². The topological polar surface area (TPSA) is 129 Å². The highest BCUT2D eigenvalue weighted by molar-refractivity contribution is 7.32. The Bertz CT molecular complexity index is 1210. The van der Waals surface area contributed by atoms with E-state index in [-0.39, 0.29) is 17.2 Å². The molecule has 0 aliphatic carbocycles. The Morgan fingerprint density at radius 2 is 1.73 bits per heavy atom. The van der Waals surface area contributed by atoms with Gasteiger partial charge in [0.2, 0.25) is 11.8 Å². The van der Waals surface area contributed by atoms with Gasteiger partial charge in [0.1, 0.15) is 17.5 Å². The fourth-order valence-electron chi connectivity index (χ4n) is 3.08. The minimum Gasteiger partial charge on any atom is -0.391 e. The molecule has 1 heterocycles. The number of para-hydroxylation sites is 1. The van der Waals surface area contributed by atoms with Crippen molar-refractivity contribution in [1.82, 2.24) is 15.3 Å². The third kappa shape index (κ3) is 7.59. The first-order valence-corrected chi connectivity index (χ1v) is 12.4. The second-order valence-corrected chi connectivity index (χ2v) is 9.29. The van der Waals surface area contributed by atoms with Gasteiger partial charge < -0.3 is 26.2 Å². The summed E-state index contributed by atoms with van der Waals surface area (Å²) < 4.78 is 46.4. The van der Waals surface area contributed by atoms with Crippen molar-refractivity contribution < 1.29 is 32.7 Å². The molecule has 0 aliphatic heterocycles. The first-order valence-electron chi connectivity index (χ1n) is 11.2. The van der Waals surface area contributed by atoms with Crippen LogP contribution in [0.15, 0.2) is 54.7 Å². The Kier molecular flexibility index (Phi) is 9.39. The number of carbonyl (C=O) groups is 1. The van der Waals surface area contributed by atoms with E-state index in [1.54, 1.807) is 50.2 Å². The number of carbonyl (C=O) groups excluding carboxylic acids is 1. The van der Waals surface area contributed by atoms with Crippen molar-refractivity contribution >= 4 is 37.9 Å². The van der Waals surface area contributed by atoms with Gasteiger partial charge in [0.25, 0.3) is 5.91 Å². The molecule has 1 aromatic heterocycles. The number of aliphatic hydroxyl groups excluding tert-OH is 2. The summed E-state index contributed by atoms with van der Waals surface area (Å²) in [5.74, 6) is -1.96. The summed E-state index contributed by atoms with van der Waals surface area (Å²) in [6, 6.07) is 12.6. The van der Waals surface area contributed by atoms with Crippen LogP contribution in [0.1, 0.15) is 41.2 Å². The second kappa shape index (κ2) is 12.3. The number of hydrogen-bond donors (Lipinski definition) is 5. The summed E-state index contributed by atoms with van der Waals surface area (Å²) in [7, 11) is 0.583. The van der Waals surface area contributed by atoms with Crippen molar-refractivity contribution in [2.24, 2.45) is 0 Å². The molecule has 0 bridgehead atoms. The zero-order chi connectivity index (χ0) is 27.2. The molecule has 0 aliphatic rings. The van der Waals surface area contributed by atoms with Crippen LogP contribution >= 0.6 is 8.81 Å². The summed E-state index contributed by atoms with van der Waals surface area (Å²) in [5.41, 5.74) is 0.248. The van der Waals surface area contributed by atoms with Crippen LogP contribution in [-0.2, 0) is 10.7 Å². The largest absolute Gasteiger partial charge is 0.421 e. The number of nitrogens with zero attached hydrogens (tertiary/aromatic N) is 2. The molecule has 0 fully saturated rings. The fourth-order valence-corrected chi connectivity index (χ4v) is 4.08. The van der Waals surface area contributed by atoms with E-state index in [4.69, 9.17) is 4.52 Å². The van der Waals surface area contributed by atoms with E-state index in [2.05, 4.69) is 25.9 Å². The van der Waals surface area contributed by atoms with E-state index in [0.717, 1.165) is 0 Å². The van der Waals surface area contributed by atoms with Gasteiger partial charge in [-0.1, -0.05) is 24.3 Å². The number of anilines is 4. The molecule has 4 unspecified atom stereocenters. The monoisotopic (exact) mass is 538 g/mol. The molecule has 0 radical (unpaired) electrons. The maximum Gasteiger partial charge on any atom is 0.421 e. The summed E-state index contributed by atoms with van der Waals surface area (Å²) in [4.78, 5) is 19.9. The molecule has 37 heavy (non-hydrogen) atoms. The molecule has 4 atom stereocenters. The van der Waals surface area contributed by atoms with Crippen LogP contribution < -0.4 is 16.0 Å². The van der Waals surface area contributed by atoms with Gasteiger partial charge in [-0.25, -0.2) is 9.51 Å². The summed E-state index contributed by atoms with van der Waals surface area (Å²) in [5, 5.41) is 27.7. The normalized spacial score (nSPS) is 14.3. The van der Waals surface area contributed by atoms with Crippen molar-refractivity contribution in [2.75, 3.05) is 17.7 Å². The Morgan fingerprint density at radius 1 is 1.05 bits per heavy atom. The quantitative estimate of drug-likeness (QED) is 0.240. The molecule has 0 saturated heterocycles. The number of halogens is 3. The van der Waals surface area contributed by atoms with Gasteiger partial charge in [-0.2, -0.15) is 18.2 Å². The molecule has 2 aromatic carbocycles. The lowest BCUT2D eigenvalue weighted by molar-refractivity contribution is -0.137. The third-order valence-corrected chi connectivity index (χ3v) is 6.58. The van der Waals surface area contributed by atoms with Gasteiger partial charge in [0.05, 0.1) is 17.4 Å². The average Bonchev–Trinajstić information content (AvgIpc) is 2.86. The third-order valence-electron chi connectivity index (χ3n) is 5.36.